The summed E-state index contributed by atoms with van der Waals surface area (Å²) in [4.78, 5) is 27.7. The van der Waals surface area contributed by atoms with Crippen molar-refractivity contribution in [1.29, 1.82) is 0 Å². The van der Waals surface area contributed by atoms with E-state index in [1.807, 2.05) is 42.5 Å². The highest BCUT2D eigenvalue weighted by molar-refractivity contribution is 5.94. The summed E-state index contributed by atoms with van der Waals surface area (Å²) in [5.74, 6) is -0.113. The van der Waals surface area contributed by atoms with Crippen molar-refractivity contribution in [3.63, 3.8) is 0 Å². The molecule has 6 rings (SSSR count). The number of esters is 1. The van der Waals surface area contributed by atoms with Gasteiger partial charge in [-0.1, -0.05) is 62.8 Å². The van der Waals surface area contributed by atoms with Crippen LogP contribution in [0.2, 0.25) is 0 Å². The van der Waals surface area contributed by atoms with Crippen molar-refractivity contribution in [3.8, 4) is 0 Å². The number of hydrogen-bond acceptors (Lipinski definition) is 6. The second kappa shape index (κ2) is 10.0. The summed E-state index contributed by atoms with van der Waals surface area (Å²) >= 11 is 0. The first-order valence-corrected chi connectivity index (χ1v) is 15.7. The zero-order valence-electron chi connectivity index (χ0n) is 26.2. The van der Waals surface area contributed by atoms with Crippen molar-refractivity contribution in [1.82, 2.24) is 10.2 Å². The molecule has 0 bridgehead atoms. The van der Waals surface area contributed by atoms with Crippen LogP contribution in [0.5, 0.6) is 0 Å². The van der Waals surface area contributed by atoms with Gasteiger partial charge >= 0.3 is 5.97 Å². The van der Waals surface area contributed by atoms with Gasteiger partial charge in [0, 0.05) is 42.2 Å². The average Bonchev–Trinajstić information content (AvgIpc) is 3.33. The van der Waals surface area contributed by atoms with Crippen molar-refractivity contribution in [2.24, 2.45) is 34.0 Å². The van der Waals surface area contributed by atoms with Gasteiger partial charge in [0.05, 0.1) is 24.4 Å². The van der Waals surface area contributed by atoms with Crippen molar-refractivity contribution >= 4 is 11.9 Å². The van der Waals surface area contributed by atoms with E-state index < -0.39 is 11.0 Å². The summed E-state index contributed by atoms with van der Waals surface area (Å²) in [6.45, 7) is 11.2. The molecule has 4 aliphatic carbocycles. The number of nitrogens with zero attached hydrogens (tertiary/aromatic N) is 1. The van der Waals surface area contributed by atoms with Crippen LogP contribution in [-0.4, -0.2) is 72.5 Å². The van der Waals surface area contributed by atoms with Crippen molar-refractivity contribution in [2.75, 3.05) is 20.7 Å². The Hall–Kier alpha value is -2.48. The Kier molecular flexibility index (Phi) is 7.07. The van der Waals surface area contributed by atoms with Crippen LogP contribution in [0.4, 0.5) is 0 Å². The lowest BCUT2D eigenvalue weighted by Gasteiger charge is -2.54. The van der Waals surface area contributed by atoms with Gasteiger partial charge in [-0.05, 0) is 69.2 Å². The number of aliphatic hydroxyl groups is 1. The Morgan fingerprint density at radius 3 is 2.52 bits per heavy atom. The predicted octanol–water partition coefficient (Wildman–Crippen LogP) is 4.76. The van der Waals surface area contributed by atoms with Crippen LogP contribution in [0.15, 0.2) is 54.1 Å². The molecule has 11 atom stereocenters. The highest BCUT2D eigenvalue weighted by Gasteiger charge is 2.69. The lowest BCUT2D eigenvalue weighted by atomic mass is 9.51. The molecule has 0 unspecified atom stereocenters. The van der Waals surface area contributed by atoms with Crippen LogP contribution in [0.3, 0.4) is 0 Å². The Bertz CT molecular complexity index is 1310. The van der Waals surface area contributed by atoms with Gasteiger partial charge in [0.1, 0.15) is 6.10 Å². The SMILES string of the molecule is CC(=O)O[C@@H]1C[C@@]2(C)[C@@H]3C[C@@H]4OC[C@]5(C)[C@@H](NC(=O)c6ccccc6)C=C[C@@](O)(CC3=CC[C@]2(C)[C@H]1[C@H](C)N(C)C)[C@@H]45. The fourth-order valence-corrected chi connectivity index (χ4v) is 10.1. The van der Waals surface area contributed by atoms with Crippen LogP contribution in [0.1, 0.15) is 70.7 Å². The smallest absolute Gasteiger partial charge is 0.302 e. The number of amides is 1. The molecular weight excluding hydrogens is 528 g/mol. The fraction of sp³-hybridized carbons (Fsp3) is 0.657. The molecule has 5 aliphatic rings. The van der Waals surface area contributed by atoms with E-state index in [-0.39, 0.29) is 64.8 Å². The highest BCUT2D eigenvalue weighted by atomic mass is 16.5. The van der Waals surface area contributed by atoms with Gasteiger partial charge < -0.3 is 24.8 Å². The van der Waals surface area contributed by atoms with Crippen LogP contribution in [-0.2, 0) is 14.3 Å². The number of rotatable bonds is 5. The van der Waals surface area contributed by atoms with Crippen LogP contribution in [0, 0.1) is 34.0 Å². The van der Waals surface area contributed by atoms with Crippen LogP contribution < -0.4 is 5.32 Å². The van der Waals surface area contributed by atoms with Crippen molar-refractivity contribution in [2.45, 2.75) is 90.2 Å². The molecule has 2 N–H and O–H groups in total. The minimum Gasteiger partial charge on any atom is -0.462 e. The summed E-state index contributed by atoms with van der Waals surface area (Å²) in [5.41, 5.74) is 0.193. The van der Waals surface area contributed by atoms with Gasteiger partial charge in [-0.2, -0.15) is 0 Å². The zero-order chi connectivity index (χ0) is 30.2. The fourth-order valence-electron chi connectivity index (χ4n) is 10.1. The number of allylic oxidation sites excluding steroid dienone is 1. The van der Waals surface area contributed by atoms with E-state index in [9.17, 15) is 14.7 Å². The van der Waals surface area contributed by atoms with Gasteiger partial charge in [-0.25, -0.2) is 0 Å². The summed E-state index contributed by atoms with van der Waals surface area (Å²) < 4.78 is 12.7. The molecule has 0 aromatic heterocycles. The Morgan fingerprint density at radius 2 is 1.86 bits per heavy atom. The second-order valence-electron chi connectivity index (χ2n) is 14.9. The van der Waals surface area contributed by atoms with Crippen LogP contribution in [0.25, 0.3) is 0 Å². The van der Waals surface area contributed by atoms with Gasteiger partial charge in [-0.15, -0.1) is 0 Å². The maximum Gasteiger partial charge on any atom is 0.302 e. The molecule has 3 fully saturated rings. The largest absolute Gasteiger partial charge is 0.462 e. The van der Waals surface area contributed by atoms with Crippen molar-refractivity contribution in [3.05, 3.63) is 59.7 Å². The standard InChI is InChI=1S/C35H48N2O5/c1-21(37(6)7)29-27(42-22(2)38)19-34(5)25-17-26-30-32(3,20-41-26)28(36-31(39)23-11-9-8-10-12-23)14-16-35(30,40)18-24(25)13-15-33(29,34)4/h8-14,16,21,25-30,40H,15,17-20H2,1-7H3,(H,36,39)/t21-,25+,26-,27+,28-,29-,30-,32+,33+,34-,35+/m0/s1. The first kappa shape index (κ1) is 29.6. The number of fused-ring (bicyclic) bond motifs is 3. The molecule has 2 saturated carbocycles. The normalized spacial score (nSPS) is 44.4. The van der Waals surface area contributed by atoms with Crippen molar-refractivity contribution < 1.29 is 24.2 Å². The molecule has 1 heterocycles. The molecule has 0 spiro atoms. The van der Waals surface area contributed by atoms with E-state index in [0.29, 0.717) is 18.6 Å². The number of nitrogens with one attached hydrogen (secondary N) is 1. The van der Waals surface area contributed by atoms with E-state index in [1.165, 1.54) is 12.5 Å². The van der Waals surface area contributed by atoms with Gasteiger partial charge in [-0.3, -0.25) is 9.59 Å². The Labute approximate surface area is 250 Å². The molecule has 1 amide bonds. The predicted molar refractivity (Wildman–Crippen MR) is 162 cm³/mol. The number of ether oxygens (including phenoxy) is 2. The number of carbonyl (C=O) groups is 2. The molecule has 1 saturated heterocycles. The number of benzene rings is 1. The number of carbonyl (C=O) groups excluding carboxylic acids is 2. The molecule has 1 aliphatic heterocycles. The van der Waals surface area contributed by atoms with E-state index >= 15 is 0 Å². The monoisotopic (exact) mass is 576 g/mol. The van der Waals surface area contributed by atoms with E-state index in [1.54, 1.807) is 0 Å². The average molecular weight is 577 g/mol. The minimum absolute atomic E-state index is 0.0902. The Balaban J connectivity index is 1.34. The first-order valence-electron chi connectivity index (χ1n) is 15.7. The molecule has 7 nitrogen and oxygen atoms in total. The second-order valence-corrected chi connectivity index (χ2v) is 14.9. The number of hydrogen-bond donors (Lipinski definition) is 2. The summed E-state index contributed by atoms with van der Waals surface area (Å²) in [5, 5.41) is 15.7. The maximum absolute atomic E-state index is 13.2. The molecule has 7 heteroatoms. The highest BCUT2D eigenvalue weighted by Crippen LogP contribution is 2.70. The molecule has 42 heavy (non-hydrogen) atoms. The molecule has 1 aromatic rings. The molecule has 1 aromatic carbocycles. The molecule has 228 valence electrons. The summed E-state index contributed by atoms with van der Waals surface area (Å²) in [7, 11) is 4.22. The summed E-state index contributed by atoms with van der Waals surface area (Å²) in [6.07, 6.45) is 9.09. The van der Waals surface area contributed by atoms with E-state index in [2.05, 4.69) is 58.1 Å². The van der Waals surface area contributed by atoms with Gasteiger partial charge in [0.25, 0.3) is 5.91 Å². The molecular formula is C35H48N2O5. The van der Waals surface area contributed by atoms with E-state index in [4.69, 9.17) is 9.47 Å². The zero-order valence-corrected chi connectivity index (χ0v) is 26.2. The Morgan fingerprint density at radius 1 is 1.14 bits per heavy atom. The topological polar surface area (TPSA) is 88.1 Å². The van der Waals surface area contributed by atoms with Gasteiger partial charge in [0.2, 0.25) is 0 Å². The third-order valence-corrected chi connectivity index (χ3v) is 12.5. The van der Waals surface area contributed by atoms with E-state index in [0.717, 1.165) is 19.3 Å². The van der Waals surface area contributed by atoms with Gasteiger partial charge in [0.15, 0.2) is 0 Å². The third kappa shape index (κ3) is 4.25. The molecule has 0 radical (unpaired) electrons. The quantitative estimate of drug-likeness (QED) is 0.388. The summed E-state index contributed by atoms with van der Waals surface area (Å²) in [6, 6.07) is 9.27. The van der Waals surface area contributed by atoms with Crippen LogP contribution >= 0.6 is 0 Å². The lowest BCUT2D eigenvalue weighted by molar-refractivity contribution is -0.150. The lowest BCUT2D eigenvalue weighted by Crippen LogP contribution is -2.59. The maximum atomic E-state index is 13.2. The first-order chi connectivity index (χ1) is 19.7. The minimum atomic E-state index is -1.06. The third-order valence-electron chi connectivity index (χ3n) is 12.5.